The number of aromatic nitrogens is 2. The number of nitro benzene ring substituents is 1. The van der Waals surface area contributed by atoms with Gasteiger partial charge in [0.25, 0.3) is 0 Å². The lowest BCUT2D eigenvalue weighted by molar-refractivity contribution is -0.383. The van der Waals surface area contributed by atoms with Gasteiger partial charge in [-0.1, -0.05) is 23.2 Å². The van der Waals surface area contributed by atoms with E-state index in [4.69, 9.17) is 28.9 Å². The van der Waals surface area contributed by atoms with Gasteiger partial charge in [0, 0.05) is 7.05 Å². The normalized spacial score (nSPS) is 12.6. The maximum Gasteiger partial charge on any atom is 0.368 e. The van der Waals surface area contributed by atoms with Crippen LogP contribution in [0.3, 0.4) is 0 Å². The highest BCUT2D eigenvalue weighted by Gasteiger charge is 2.28. The van der Waals surface area contributed by atoms with Crippen LogP contribution in [0.15, 0.2) is 26.9 Å². The van der Waals surface area contributed by atoms with Gasteiger partial charge >= 0.3 is 17.4 Å². The molecule has 0 aliphatic carbocycles. The number of aryl methyl sites for hydroxylation is 1. The van der Waals surface area contributed by atoms with Crippen molar-refractivity contribution in [2.24, 2.45) is 17.0 Å². The van der Waals surface area contributed by atoms with E-state index in [0.717, 1.165) is 0 Å². The number of amides is 2. The number of carbonyl (C=O) groups is 1. The van der Waals surface area contributed by atoms with E-state index in [9.17, 15) is 19.7 Å². The topological polar surface area (TPSA) is 161 Å². The van der Waals surface area contributed by atoms with Crippen molar-refractivity contribution in [3.8, 4) is 0 Å². The predicted octanol–water partition coefficient (Wildman–Crippen LogP) is 1.78. The number of anilines is 3. The molecule has 1 aliphatic heterocycles. The smallest absolute Gasteiger partial charge is 0.368 e. The second-order valence-corrected chi connectivity index (χ2v) is 6.63. The number of nitrogens with one attached hydrogen (secondary N) is 2. The Labute approximate surface area is 164 Å². The van der Waals surface area contributed by atoms with Crippen LogP contribution in [0.1, 0.15) is 0 Å². The number of rotatable bonds is 3. The highest BCUT2D eigenvalue weighted by atomic mass is 35.5. The van der Waals surface area contributed by atoms with Gasteiger partial charge in [-0.2, -0.15) is 9.98 Å². The number of hydrogen-bond donors (Lipinski definition) is 3. The summed E-state index contributed by atoms with van der Waals surface area (Å²) in [6, 6.07) is 2.28. The number of benzene rings is 2. The minimum absolute atomic E-state index is 0.0514. The molecule has 11 nitrogen and oxygen atoms in total. The van der Waals surface area contributed by atoms with Crippen LogP contribution in [0.5, 0.6) is 0 Å². The number of aromatic amines is 1. The number of imidazole rings is 1. The van der Waals surface area contributed by atoms with Crippen LogP contribution in [0.2, 0.25) is 10.0 Å². The third-order valence-electron chi connectivity index (χ3n) is 4.28. The molecule has 2 heterocycles. The molecule has 0 bridgehead atoms. The zero-order chi connectivity index (χ0) is 20.3. The van der Waals surface area contributed by atoms with Crippen LogP contribution in [-0.2, 0) is 7.05 Å². The number of nitrogens with zero attached hydrogens (tertiary/aromatic N) is 4. The summed E-state index contributed by atoms with van der Waals surface area (Å²) >= 11 is 12.3. The summed E-state index contributed by atoms with van der Waals surface area (Å²) < 4.78 is 1.36. The lowest BCUT2D eigenvalue weighted by atomic mass is 10.2. The molecule has 4 rings (SSSR count). The quantitative estimate of drug-likeness (QED) is 0.331. The molecule has 28 heavy (non-hydrogen) atoms. The number of hydrogen-bond acceptors (Lipinski definition) is 6. The average Bonchev–Trinajstić information content (AvgIpc) is 3.14. The Hall–Kier alpha value is -3.44. The summed E-state index contributed by atoms with van der Waals surface area (Å²) in [5, 5.41) is 13.9. The van der Waals surface area contributed by atoms with Crippen LogP contribution < -0.4 is 27.5 Å². The molecule has 4 N–H and O–H groups in total. The first-order valence-electron chi connectivity index (χ1n) is 7.61. The number of carbonyl (C=O) groups excluding carboxylic acids is 1. The van der Waals surface area contributed by atoms with Crippen molar-refractivity contribution in [2.75, 3.05) is 11.1 Å². The highest BCUT2D eigenvalue weighted by Crippen LogP contribution is 2.37. The van der Waals surface area contributed by atoms with E-state index in [1.807, 2.05) is 0 Å². The van der Waals surface area contributed by atoms with E-state index in [1.54, 1.807) is 13.1 Å². The number of nitro groups is 1. The molecule has 2 amide bonds. The fraction of sp³-hybridized carbons (Fsp3) is 0.0667. The van der Waals surface area contributed by atoms with Gasteiger partial charge in [0.1, 0.15) is 21.4 Å². The molecule has 142 valence electrons. The molecule has 13 heteroatoms. The lowest BCUT2D eigenvalue weighted by Gasteiger charge is -2.12. The number of urea groups is 1. The number of halogens is 2. The fourth-order valence-electron chi connectivity index (χ4n) is 2.95. The summed E-state index contributed by atoms with van der Waals surface area (Å²) in [5.74, 6) is 0. The number of nitrogen functional groups attached to an aromatic ring is 1. The Bertz CT molecular complexity index is 1410. The van der Waals surface area contributed by atoms with E-state index in [1.165, 1.54) is 10.6 Å². The Morgan fingerprint density at radius 1 is 1.21 bits per heavy atom. The van der Waals surface area contributed by atoms with Gasteiger partial charge in [0.2, 0.25) is 0 Å². The molecule has 0 fully saturated rings. The van der Waals surface area contributed by atoms with Crippen molar-refractivity contribution in [3.05, 3.63) is 53.5 Å². The lowest BCUT2D eigenvalue weighted by Crippen LogP contribution is -2.28. The summed E-state index contributed by atoms with van der Waals surface area (Å²) in [6.45, 7) is 0. The first-order chi connectivity index (χ1) is 13.2. The summed E-state index contributed by atoms with van der Waals surface area (Å²) in [5.41, 5.74) is 5.60. The van der Waals surface area contributed by atoms with E-state index in [2.05, 4.69) is 20.3 Å². The van der Waals surface area contributed by atoms with Crippen molar-refractivity contribution in [1.29, 1.82) is 0 Å². The maximum atomic E-state index is 12.0. The third-order valence-corrected chi connectivity index (χ3v) is 4.95. The van der Waals surface area contributed by atoms with Gasteiger partial charge in [-0.15, -0.1) is 0 Å². The standard InChI is InChI=1S/C15H9Cl2N7O4/c1-23-5-3-2-4(16)8(9(5)22-15(23)26)19-11-7(18)13(24(27)28)6(17)10-12(11)21-14(25)20-10/h2-3,19H,18H2,1H3,(H,22,26). The minimum Gasteiger partial charge on any atom is -0.391 e. The Morgan fingerprint density at radius 3 is 2.57 bits per heavy atom. The van der Waals surface area contributed by atoms with Gasteiger partial charge in [-0.25, -0.2) is 9.59 Å². The number of H-pyrrole nitrogens is 1. The van der Waals surface area contributed by atoms with Gasteiger partial charge in [-0.05, 0) is 12.1 Å². The fourth-order valence-corrected chi connectivity index (χ4v) is 3.46. The average molecular weight is 422 g/mol. The van der Waals surface area contributed by atoms with Gasteiger partial charge in [0.15, 0.2) is 0 Å². The maximum absolute atomic E-state index is 12.0. The summed E-state index contributed by atoms with van der Waals surface area (Å²) in [6.07, 6.45) is 0. The molecule has 0 saturated heterocycles. The van der Waals surface area contributed by atoms with Crippen molar-refractivity contribution < 1.29 is 9.72 Å². The molecule has 0 radical (unpaired) electrons. The molecule has 0 saturated carbocycles. The molecule has 3 aromatic rings. The van der Waals surface area contributed by atoms with Crippen molar-refractivity contribution in [2.45, 2.75) is 0 Å². The molecule has 0 unspecified atom stereocenters. The molecule has 1 aliphatic rings. The number of nitrogens with two attached hydrogens (primary N) is 1. The monoisotopic (exact) mass is 421 g/mol. The van der Waals surface area contributed by atoms with Crippen molar-refractivity contribution in [1.82, 2.24) is 9.55 Å². The first-order valence-corrected chi connectivity index (χ1v) is 8.37. The van der Waals surface area contributed by atoms with E-state index >= 15 is 0 Å². The minimum atomic E-state index is -0.878. The van der Waals surface area contributed by atoms with Crippen molar-refractivity contribution >= 4 is 63.0 Å². The summed E-state index contributed by atoms with van der Waals surface area (Å²) in [7, 11) is 1.56. The second kappa shape index (κ2) is 6.04. The van der Waals surface area contributed by atoms with E-state index < -0.39 is 27.4 Å². The zero-order valence-electron chi connectivity index (χ0n) is 13.9. The van der Waals surface area contributed by atoms with E-state index in [0.29, 0.717) is 11.0 Å². The molecule has 2 aromatic carbocycles. The first kappa shape index (κ1) is 17.9. The molecule has 0 spiro atoms. The van der Waals surface area contributed by atoms with Gasteiger partial charge in [0.05, 0.1) is 32.4 Å². The molecule has 0 atom stereocenters. The van der Waals surface area contributed by atoms with Crippen molar-refractivity contribution in [3.63, 3.8) is 0 Å². The van der Waals surface area contributed by atoms with E-state index in [-0.39, 0.29) is 32.8 Å². The largest absolute Gasteiger partial charge is 0.391 e. The molecular weight excluding hydrogens is 413 g/mol. The highest BCUT2D eigenvalue weighted by molar-refractivity contribution is 6.35. The van der Waals surface area contributed by atoms with Crippen LogP contribution in [0.4, 0.5) is 27.5 Å². The van der Waals surface area contributed by atoms with Crippen LogP contribution in [0.25, 0.3) is 11.0 Å². The molecule has 1 aromatic heterocycles. The van der Waals surface area contributed by atoms with Crippen LogP contribution >= 0.6 is 23.2 Å². The summed E-state index contributed by atoms with van der Waals surface area (Å²) in [4.78, 5) is 44.3. The SMILES string of the molecule is Cn1c(=O)[nH]c2c(Nc3c(N)c([N+](=O)[O-])c(Cl)c4c3=NC(=O)N=4)c(Cl)ccc21. The predicted molar refractivity (Wildman–Crippen MR) is 102 cm³/mol. The number of fused-ring (bicyclic) bond motifs is 2. The van der Waals surface area contributed by atoms with Crippen LogP contribution in [0, 0.1) is 10.1 Å². The Morgan fingerprint density at radius 2 is 1.89 bits per heavy atom. The Kier molecular flexibility index (Phi) is 3.87. The zero-order valence-corrected chi connectivity index (χ0v) is 15.4. The molecular formula is C15H9Cl2N7O4. The Balaban J connectivity index is 2.07. The second-order valence-electron chi connectivity index (χ2n) is 5.84. The van der Waals surface area contributed by atoms with Gasteiger partial charge < -0.3 is 16.0 Å². The van der Waals surface area contributed by atoms with Gasteiger partial charge in [-0.3, -0.25) is 14.7 Å². The van der Waals surface area contributed by atoms with Crippen LogP contribution in [-0.4, -0.2) is 20.5 Å². The third kappa shape index (κ3) is 2.44.